The molecule has 1 fully saturated rings. The van der Waals surface area contributed by atoms with Gasteiger partial charge >= 0.3 is 0 Å². The van der Waals surface area contributed by atoms with E-state index in [-0.39, 0.29) is 6.04 Å². The Hall–Kier alpha value is -2.46. The van der Waals surface area contributed by atoms with Crippen LogP contribution in [0.15, 0.2) is 30.6 Å². The second-order valence-corrected chi connectivity index (χ2v) is 6.26. The minimum Gasteiger partial charge on any atom is -0.358 e. The molecule has 2 aromatic heterocycles. The average Bonchev–Trinajstić information content (AvgIpc) is 3.13. The van der Waals surface area contributed by atoms with Crippen molar-refractivity contribution in [1.29, 1.82) is 5.26 Å². The topological polar surface area (TPSA) is 61.0 Å². The molecule has 0 aromatic carbocycles. The Morgan fingerprint density at radius 1 is 1.42 bits per heavy atom. The van der Waals surface area contributed by atoms with E-state index in [0.29, 0.717) is 31.6 Å². The molecule has 0 bridgehead atoms. The van der Waals surface area contributed by atoms with Crippen LogP contribution in [-0.2, 0) is 13.6 Å². The van der Waals surface area contributed by atoms with Crippen LogP contribution in [0.1, 0.15) is 17.7 Å². The number of alkyl halides is 1. The van der Waals surface area contributed by atoms with Gasteiger partial charge in [-0.25, -0.2) is 9.37 Å². The van der Waals surface area contributed by atoms with Gasteiger partial charge in [0, 0.05) is 52.2 Å². The van der Waals surface area contributed by atoms with Gasteiger partial charge < -0.3 is 4.90 Å². The first-order valence-electron chi connectivity index (χ1n) is 7.99. The number of halogens is 1. The molecule has 2 atom stereocenters. The largest absolute Gasteiger partial charge is 0.358 e. The lowest BCUT2D eigenvalue weighted by molar-refractivity contribution is 0.231. The van der Waals surface area contributed by atoms with E-state index < -0.39 is 6.17 Å². The maximum atomic E-state index is 14.0. The lowest BCUT2D eigenvalue weighted by Gasteiger charge is -2.28. The monoisotopic (exact) mass is 328 g/mol. The van der Waals surface area contributed by atoms with Crippen molar-refractivity contribution in [3.05, 3.63) is 41.9 Å². The van der Waals surface area contributed by atoms with Gasteiger partial charge in [-0.15, -0.1) is 0 Å². The summed E-state index contributed by atoms with van der Waals surface area (Å²) in [6, 6.07) is 7.73. The van der Waals surface area contributed by atoms with Crippen LogP contribution >= 0.6 is 0 Å². The van der Waals surface area contributed by atoms with Crippen LogP contribution in [0, 0.1) is 11.3 Å². The maximum absolute atomic E-state index is 14.0. The second kappa shape index (κ2) is 6.97. The van der Waals surface area contributed by atoms with Crippen molar-refractivity contribution in [2.45, 2.75) is 25.2 Å². The Labute approximate surface area is 141 Å². The summed E-state index contributed by atoms with van der Waals surface area (Å²) in [7, 11) is 3.85. The first kappa shape index (κ1) is 16.4. The highest BCUT2D eigenvalue weighted by Gasteiger charge is 2.33. The molecule has 1 aliphatic heterocycles. The van der Waals surface area contributed by atoms with E-state index in [1.807, 2.05) is 35.8 Å². The SMILES string of the molecule is CN(C[C@@H]1C[C@H](F)CN1Cc1ccnn1C)c1ccc(C#N)cn1. The number of aryl methyl sites for hydroxylation is 1. The molecule has 0 amide bonds. The lowest BCUT2D eigenvalue weighted by atomic mass is 10.2. The molecule has 126 valence electrons. The molecule has 0 N–H and O–H groups in total. The summed E-state index contributed by atoms with van der Waals surface area (Å²) in [6.45, 7) is 1.83. The third-order valence-corrected chi connectivity index (χ3v) is 4.52. The van der Waals surface area contributed by atoms with E-state index in [9.17, 15) is 4.39 Å². The van der Waals surface area contributed by atoms with Gasteiger partial charge in [0.25, 0.3) is 0 Å². The fourth-order valence-corrected chi connectivity index (χ4v) is 3.16. The fourth-order valence-electron chi connectivity index (χ4n) is 3.16. The van der Waals surface area contributed by atoms with Crippen LogP contribution < -0.4 is 4.90 Å². The van der Waals surface area contributed by atoms with Crippen molar-refractivity contribution in [3.8, 4) is 6.07 Å². The molecule has 2 aromatic rings. The predicted molar refractivity (Wildman–Crippen MR) is 89.1 cm³/mol. The second-order valence-electron chi connectivity index (χ2n) is 6.26. The highest BCUT2D eigenvalue weighted by molar-refractivity contribution is 5.41. The van der Waals surface area contributed by atoms with Crippen LogP contribution in [0.25, 0.3) is 0 Å². The van der Waals surface area contributed by atoms with Crippen molar-refractivity contribution < 1.29 is 4.39 Å². The first-order chi connectivity index (χ1) is 11.6. The van der Waals surface area contributed by atoms with Gasteiger partial charge in [-0.1, -0.05) is 0 Å². The summed E-state index contributed by atoms with van der Waals surface area (Å²) in [5, 5.41) is 13.0. The zero-order valence-corrected chi connectivity index (χ0v) is 13.9. The number of nitrogens with zero attached hydrogens (tertiary/aromatic N) is 6. The average molecular weight is 328 g/mol. The lowest BCUT2D eigenvalue weighted by Crippen LogP contribution is -2.39. The Kier molecular flexibility index (Phi) is 4.76. The summed E-state index contributed by atoms with van der Waals surface area (Å²) < 4.78 is 15.8. The van der Waals surface area contributed by atoms with Crippen molar-refractivity contribution in [1.82, 2.24) is 19.7 Å². The molecule has 0 aliphatic carbocycles. The Balaban J connectivity index is 1.67. The van der Waals surface area contributed by atoms with Crippen molar-refractivity contribution >= 4 is 5.82 Å². The minimum absolute atomic E-state index is 0.123. The van der Waals surface area contributed by atoms with E-state index in [4.69, 9.17) is 5.26 Å². The third-order valence-electron chi connectivity index (χ3n) is 4.52. The molecule has 3 rings (SSSR count). The van der Waals surface area contributed by atoms with Gasteiger partial charge in [-0.3, -0.25) is 9.58 Å². The molecule has 24 heavy (non-hydrogen) atoms. The number of rotatable bonds is 5. The number of likely N-dealkylation sites (tertiary alicyclic amines) is 1. The molecular formula is C17H21FN6. The highest BCUT2D eigenvalue weighted by atomic mass is 19.1. The number of hydrogen-bond acceptors (Lipinski definition) is 5. The molecule has 0 saturated carbocycles. The van der Waals surface area contributed by atoms with Gasteiger partial charge in [-0.2, -0.15) is 10.4 Å². The van der Waals surface area contributed by atoms with Gasteiger partial charge in [0.05, 0.1) is 11.3 Å². The number of aromatic nitrogens is 3. The smallest absolute Gasteiger partial charge is 0.128 e. The van der Waals surface area contributed by atoms with Gasteiger partial charge in [0.2, 0.25) is 0 Å². The molecule has 3 heterocycles. The summed E-state index contributed by atoms with van der Waals surface area (Å²) in [6.07, 6.45) is 3.05. The Morgan fingerprint density at radius 2 is 2.25 bits per heavy atom. The van der Waals surface area contributed by atoms with Crippen molar-refractivity contribution in [2.75, 3.05) is 25.0 Å². The van der Waals surface area contributed by atoms with E-state index in [1.54, 1.807) is 18.5 Å². The van der Waals surface area contributed by atoms with Crippen LogP contribution in [0.3, 0.4) is 0 Å². The van der Waals surface area contributed by atoms with E-state index in [2.05, 4.69) is 21.1 Å². The van der Waals surface area contributed by atoms with E-state index in [0.717, 1.165) is 11.5 Å². The summed E-state index contributed by atoms with van der Waals surface area (Å²) in [5.74, 6) is 0.789. The molecule has 0 radical (unpaired) electrons. The molecule has 7 heteroatoms. The van der Waals surface area contributed by atoms with Crippen LogP contribution in [-0.4, -0.2) is 52.0 Å². The number of hydrogen-bond donors (Lipinski definition) is 0. The van der Waals surface area contributed by atoms with Gasteiger partial charge in [-0.05, 0) is 24.6 Å². The number of anilines is 1. The minimum atomic E-state index is -0.800. The molecule has 0 unspecified atom stereocenters. The molecule has 6 nitrogen and oxygen atoms in total. The number of nitriles is 1. The predicted octanol–water partition coefficient (Wildman–Crippen LogP) is 1.74. The standard InChI is InChI=1S/C17H21FN6/c1-22(17-4-3-13(8-19)9-20-17)11-16-7-14(18)10-24(16)12-15-5-6-21-23(15)2/h3-6,9,14,16H,7,10-12H2,1-2H3/t14-,16-/m0/s1. The van der Waals surface area contributed by atoms with Gasteiger partial charge in [0.1, 0.15) is 18.1 Å². The summed E-state index contributed by atoms with van der Waals surface area (Å²) in [4.78, 5) is 8.48. The first-order valence-corrected chi connectivity index (χ1v) is 7.99. The molecular weight excluding hydrogens is 307 g/mol. The molecule has 0 spiro atoms. The molecule has 1 aliphatic rings. The fraction of sp³-hybridized carbons (Fsp3) is 0.471. The van der Waals surface area contributed by atoms with Crippen LogP contribution in [0.4, 0.5) is 10.2 Å². The van der Waals surface area contributed by atoms with Gasteiger partial charge in [0.15, 0.2) is 0 Å². The molecule has 1 saturated heterocycles. The van der Waals surface area contributed by atoms with E-state index >= 15 is 0 Å². The highest BCUT2D eigenvalue weighted by Crippen LogP contribution is 2.24. The number of pyridine rings is 1. The summed E-state index contributed by atoms with van der Waals surface area (Å²) >= 11 is 0. The number of likely N-dealkylation sites (N-methyl/N-ethyl adjacent to an activating group) is 1. The van der Waals surface area contributed by atoms with Crippen LogP contribution in [0.5, 0.6) is 0 Å². The van der Waals surface area contributed by atoms with Crippen LogP contribution in [0.2, 0.25) is 0 Å². The quantitative estimate of drug-likeness (QED) is 0.836. The maximum Gasteiger partial charge on any atom is 0.128 e. The Morgan fingerprint density at radius 3 is 2.88 bits per heavy atom. The Bertz CT molecular complexity index is 719. The van der Waals surface area contributed by atoms with Crippen molar-refractivity contribution in [2.24, 2.45) is 7.05 Å². The zero-order valence-electron chi connectivity index (χ0n) is 13.9. The third kappa shape index (κ3) is 3.54. The van der Waals surface area contributed by atoms with Crippen molar-refractivity contribution in [3.63, 3.8) is 0 Å². The normalized spacial score (nSPS) is 20.9. The summed E-state index contributed by atoms with van der Waals surface area (Å²) in [5.41, 5.74) is 1.61. The zero-order chi connectivity index (χ0) is 17.1. The van der Waals surface area contributed by atoms with E-state index in [1.165, 1.54) is 0 Å².